The van der Waals surface area contributed by atoms with Gasteiger partial charge < -0.3 is 4.90 Å². The van der Waals surface area contributed by atoms with Gasteiger partial charge in [0.05, 0.1) is 0 Å². The van der Waals surface area contributed by atoms with Crippen LogP contribution in [-0.2, 0) is 13.1 Å². The molecule has 2 heteroatoms. The van der Waals surface area contributed by atoms with Crippen molar-refractivity contribution in [2.24, 2.45) is 5.92 Å². The molecule has 0 N–H and O–H groups in total. The summed E-state index contributed by atoms with van der Waals surface area (Å²) in [6.07, 6.45) is 2.65. The number of benzene rings is 2. The van der Waals surface area contributed by atoms with Crippen molar-refractivity contribution in [1.82, 2.24) is 9.80 Å². The van der Waals surface area contributed by atoms with Crippen molar-refractivity contribution >= 4 is 0 Å². The highest BCUT2D eigenvalue weighted by atomic mass is 15.1. The van der Waals surface area contributed by atoms with Crippen molar-refractivity contribution in [3.63, 3.8) is 0 Å². The molecule has 0 aliphatic carbocycles. The Hall–Kier alpha value is -1.64. The van der Waals surface area contributed by atoms with E-state index in [-0.39, 0.29) is 0 Å². The molecule has 2 aromatic rings. The molecule has 0 spiro atoms. The van der Waals surface area contributed by atoms with Gasteiger partial charge in [-0.05, 0) is 56.9 Å². The summed E-state index contributed by atoms with van der Waals surface area (Å²) in [5.41, 5.74) is 4.23. The van der Waals surface area contributed by atoms with Crippen molar-refractivity contribution < 1.29 is 0 Å². The lowest BCUT2D eigenvalue weighted by atomic mass is 9.95. The highest BCUT2D eigenvalue weighted by Gasteiger charge is 2.20. The average molecular weight is 322 g/mol. The Kier molecular flexibility index (Phi) is 6.06. The molecule has 1 saturated heterocycles. The summed E-state index contributed by atoms with van der Waals surface area (Å²) in [5.74, 6) is 0.840. The number of hydrogen-bond donors (Lipinski definition) is 0. The van der Waals surface area contributed by atoms with Gasteiger partial charge in [-0.1, -0.05) is 60.2 Å². The molecule has 3 rings (SSSR count). The zero-order chi connectivity index (χ0) is 16.8. The Balaban J connectivity index is 1.42. The fraction of sp³-hybridized carbons (Fsp3) is 0.455. The van der Waals surface area contributed by atoms with Gasteiger partial charge in [-0.3, -0.25) is 4.90 Å². The third kappa shape index (κ3) is 5.19. The Labute approximate surface area is 147 Å². The van der Waals surface area contributed by atoms with Gasteiger partial charge in [-0.15, -0.1) is 0 Å². The van der Waals surface area contributed by atoms with Gasteiger partial charge in [-0.2, -0.15) is 0 Å². The zero-order valence-corrected chi connectivity index (χ0v) is 15.1. The fourth-order valence-electron chi connectivity index (χ4n) is 3.80. The number of nitrogens with zero attached hydrogens (tertiary/aromatic N) is 2. The molecule has 1 aliphatic heterocycles. The molecule has 2 aromatic carbocycles. The molecule has 0 unspecified atom stereocenters. The van der Waals surface area contributed by atoms with Crippen LogP contribution in [0.25, 0.3) is 0 Å². The van der Waals surface area contributed by atoms with Crippen molar-refractivity contribution in [2.45, 2.75) is 32.9 Å². The molecule has 0 amide bonds. The first-order valence-corrected chi connectivity index (χ1v) is 9.19. The van der Waals surface area contributed by atoms with Gasteiger partial charge in [0, 0.05) is 19.6 Å². The van der Waals surface area contributed by atoms with E-state index in [1.54, 1.807) is 0 Å². The largest absolute Gasteiger partial charge is 0.302 e. The van der Waals surface area contributed by atoms with Crippen LogP contribution in [0, 0.1) is 12.8 Å². The van der Waals surface area contributed by atoms with Gasteiger partial charge in [0.25, 0.3) is 0 Å². The van der Waals surface area contributed by atoms with Gasteiger partial charge in [0.15, 0.2) is 0 Å². The van der Waals surface area contributed by atoms with E-state index in [2.05, 4.69) is 78.4 Å². The summed E-state index contributed by atoms with van der Waals surface area (Å²) in [4.78, 5) is 5.10. The van der Waals surface area contributed by atoms with E-state index in [1.807, 2.05) is 0 Å². The first-order chi connectivity index (χ1) is 11.7. The lowest BCUT2D eigenvalue weighted by Gasteiger charge is -2.34. The monoisotopic (exact) mass is 322 g/mol. The minimum atomic E-state index is 0.840. The Morgan fingerprint density at radius 2 is 1.67 bits per heavy atom. The van der Waals surface area contributed by atoms with Crippen LogP contribution in [0.5, 0.6) is 0 Å². The normalized spacial score (nSPS) is 16.6. The Morgan fingerprint density at radius 1 is 0.958 bits per heavy atom. The maximum absolute atomic E-state index is 2.61. The summed E-state index contributed by atoms with van der Waals surface area (Å²) >= 11 is 0. The van der Waals surface area contributed by atoms with Crippen molar-refractivity contribution in [2.75, 3.05) is 26.7 Å². The van der Waals surface area contributed by atoms with Gasteiger partial charge in [0.2, 0.25) is 0 Å². The molecule has 24 heavy (non-hydrogen) atoms. The molecule has 0 aromatic heterocycles. The lowest BCUT2D eigenvalue weighted by molar-refractivity contribution is 0.147. The molecular formula is C22H30N2. The molecule has 1 aliphatic rings. The summed E-state index contributed by atoms with van der Waals surface area (Å²) in [7, 11) is 2.26. The van der Waals surface area contributed by atoms with Crippen LogP contribution in [0.4, 0.5) is 0 Å². The summed E-state index contributed by atoms with van der Waals surface area (Å²) in [6, 6.07) is 19.7. The van der Waals surface area contributed by atoms with Crippen molar-refractivity contribution in [3.8, 4) is 0 Å². The number of likely N-dealkylation sites (tertiary alicyclic amines) is 1. The van der Waals surface area contributed by atoms with E-state index in [0.717, 1.165) is 19.0 Å². The van der Waals surface area contributed by atoms with Crippen LogP contribution in [0.1, 0.15) is 29.5 Å². The second-order valence-corrected chi connectivity index (χ2v) is 7.39. The molecular weight excluding hydrogens is 292 g/mol. The van der Waals surface area contributed by atoms with Crippen LogP contribution in [0.3, 0.4) is 0 Å². The van der Waals surface area contributed by atoms with E-state index >= 15 is 0 Å². The highest BCUT2D eigenvalue weighted by molar-refractivity contribution is 5.22. The summed E-state index contributed by atoms with van der Waals surface area (Å²) in [5, 5.41) is 0. The SMILES string of the molecule is Cc1cccc(CN2CCC(CN(C)Cc3ccccc3)CC2)c1. The summed E-state index contributed by atoms with van der Waals surface area (Å²) in [6.45, 7) is 8.03. The number of hydrogen-bond acceptors (Lipinski definition) is 2. The number of aryl methyl sites for hydroxylation is 1. The molecule has 128 valence electrons. The molecule has 2 nitrogen and oxygen atoms in total. The lowest BCUT2D eigenvalue weighted by Crippen LogP contribution is -2.37. The van der Waals surface area contributed by atoms with Crippen LogP contribution >= 0.6 is 0 Å². The quantitative estimate of drug-likeness (QED) is 0.780. The van der Waals surface area contributed by atoms with Gasteiger partial charge in [-0.25, -0.2) is 0 Å². The first kappa shape index (κ1) is 17.2. The number of piperidine rings is 1. The predicted octanol–water partition coefficient (Wildman–Crippen LogP) is 4.34. The summed E-state index contributed by atoms with van der Waals surface area (Å²) < 4.78 is 0. The van der Waals surface area contributed by atoms with E-state index in [4.69, 9.17) is 0 Å². The number of rotatable bonds is 6. The van der Waals surface area contributed by atoms with Crippen LogP contribution in [0.15, 0.2) is 54.6 Å². The van der Waals surface area contributed by atoms with E-state index < -0.39 is 0 Å². The first-order valence-electron chi connectivity index (χ1n) is 9.19. The van der Waals surface area contributed by atoms with Crippen LogP contribution in [-0.4, -0.2) is 36.5 Å². The van der Waals surface area contributed by atoms with Crippen molar-refractivity contribution in [1.29, 1.82) is 0 Å². The van der Waals surface area contributed by atoms with E-state index in [1.165, 1.54) is 49.2 Å². The van der Waals surface area contributed by atoms with Crippen LogP contribution < -0.4 is 0 Å². The van der Waals surface area contributed by atoms with Crippen LogP contribution in [0.2, 0.25) is 0 Å². The van der Waals surface area contributed by atoms with Gasteiger partial charge >= 0.3 is 0 Å². The maximum Gasteiger partial charge on any atom is 0.0233 e. The zero-order valence-electron chi connectivity index (χ0n) is 15.1. The Morgan fingerprint density at radius 3 is 2.38 bits per heavy atom. The Bertz CT molecular complexity index is 615. The molecule has 0 saturated carbocycles. The topological polar surface area (TPSA) is 6.48 Å². The third-order valence-corrected chi connectivity index (χ3v) is 5.06. The smallest absolute Gasteiger partial charge is 0.0233 e. The predicted molar refractivity (Wildman–Crippen MR) is 102 cm³/mol. The fourth-order valence-corrected chi connectivity index (χ4v) is 3.80. The highest BCUT2D eigenvalue weighted by Crippen LogP contribution is 2.20. The molecule has 0 radical (unpaired) electrons. The van der Waals surface area contributed by atoms with E-state index in [0.29, 0.717) is 0 Å². The third-order valence-electron chi connectivity index (χ3n) is 5.06. The second kappa shape index (κ2) is 8.46. The molecule has 1 fully saturated rings. The maximum atomic E-state index is 2.61. The standard InChI is InChI=1S/C22H30N2/c1-19-7-6-10-22(15-19)18-24-13-11-21(12-14-24)17-23(2)16-20-8-4-3-5-9-20/h3-10,15,21H,11-14,16-18H2,1-2H3. The molecule has 0 bridgehead atoms. The molecule has 0 atom stereocenters. The van der Waals surface area contributed by atoms with Gasteiger partial charge in [0.1, 0.15) is 0 Å². The minimum absolute atomic E-state index is 0.840. The van der Waals surface area contributed by atoms with Crippen molar-refractivity contribution in [3.05, 3.63) is 71.3 Å². The second-order valence-electron chi connectivity index (χ2n) is 7.39. The molecule has 1 heterocycles. The minimum Gasteiger partial charge on any atom is -0.302 e. The average Bonchev–Trinajstić information content (AvgIpc) is 2.57. The van der Waals surface area contributed by atoms with E-state index in [9.17, 15) is 0 Å².